The number of carbonyl (C=O) groups is 1. The van der Waals surface area contributed by atoms with Crippen LogP contribution in [0.2, 0.25) is 15.1 Å². The average molecular weight is 493 g/mol. The minimum atomic E-state index is -3.81. The van der Waals surface area contributed by atoms with Gasteiger partial charge in [-0.15, -0.1) is 0 Å². The number of ether oxygens (including phenoxy) is 1. The number of hydrogen-bond acceptors (Lipinski definition) is 5. The average Bonchev–Trinajstić information content (AvgIpc) is 2.70. The van der Waals surface area contributed by atoms with Crippen molar-refractivity contribution in [3.63, 3.8) is 0 Å². The van der Waals surface area contributed by atoms with Crippen molar-refractivity contribution in [3.05, 3.63) is 51.5 Å². The van der Waals surface area contributed by atoms with E-state index in [1.165, 1.54) is 12.1 Å². The normalized spacial score (nSPS) is 14.5. The van der Waals surface area contributed by atoms with Crippen molar-refractivity contribution in [2.75, 3.05) is 53.6 Å². The summed E-state index contributed by atoms with van der Waals surface area (Å²) in [5, 5.41) is 3.08. The zero-order valence-electron chi connectivity index (χ0n) is 16.1. The highest BCUT2D eigenvalue weighted by atomic mass is 35.5. The lowest BCUT2D eigenvalue weighted by atomic mass is 10.2. The molecule has 1 heterocycles. The molecule has 30 heavy (non-hydrogen) atoms. The molecule has 1 fully saturated rings. The molecule has 0 bridgehead atoms. The van der Waals surface area contributed by atoms with E-state index in [0.717, 1.165) is 29.3 Å². The van der Waals surface area contributed by atoms with Gasteiger partial charge in [0.1, 0.15) is 6.54 Å². The monoisotopic (exact) mass is 491 g/mol. The minimum absolute atomic E-state index is 0.0671. The van der Waals surface area contributed by atoms with Gasteiger partial charge in [0, 0.05) is 24.5 Å². The largest absolute Gasteiger partial charge is 0.378 e. The predicted molar refractivity (Wildman–Crippen MR) is 122 cm³/mol. The van der Waals surface area contributed by atoms with Crippen LogP contribution in [-0.2, 0) is 19.6 Å². The van der Waals surface area contributed by atoms with Crippen LogP contribution in [0.3, 0.4) is 0 Å². The molecule has 1 aliphatic rings. The van der Waals surface area contributed by atoms with Gasteiger partial charge in [-0.05, 0) is 36.4 Å². The molecule has 0 unspecified atom stereocenters. The van der Waals surface area contributed by atoms with Crippen LogP contribution in [-0.4, -0.2) is 53.4 Å². The molecule has 1 N–H and O–H groups in total. The van der Waals surface area contributed by atoms with Gasteiger partial charge in [0.15, 0.2) is 0 Å². The zero-order valence-corrected chi connectivity index (χ0v) is 19.2. The summed E-state index contributed by atoms with van der Waals surface area (Å²) in [4.78, 5) is 14.7. The van der Waals surface area contributed by atoms with Crippen molar-refractivity contribution >= 4 is 67.8 Å². The Morgan fingerprint density at radius 1 is 1.07 bits per heavy atom. The standard InChI is InChI=1S/C19H20Cl3N3O4S/c1-30(27,28)25(18-11-16(21)15(20)10-17(18)22)12-19(26)23-13-2-4-14(5-3-13)24-6-8-29-9-7-24/h2-5,10-11H,6-9,12H2,1H3,(H,23,26). The number of sulfonamides is 1. The maximum atomic E-state index is 12.5. The number of morpholine rings is 1. The van der Waals surface area contributed by atoms with E-state index in [4.69, 9.17) is 39.5 Å². The molecule has 1 saturated heterocycles. The number of halogens is 3. The lowest BCUT2D eigenvalue weighted by Crippen LogP contribution is -2.37. The molecule has 0 radical (unpaired) electrons. The maximum Gasteiger partial charge on any atom is 0.245 e. The van der Waals surface area contributed by atoms with Crippen LogP contribution in [0.1, 0.15) is 0 Å². The number of nitrogens with zero attached hydrogens (tertiary/aromatic N) is 2. The number of carbonyl (C=O) groups excluding carboxylic acids is 1. The highest BCUT2D eigenvalue weighted by Crippen LogP contribution is 2.35. The van der Waals surface area contributed by atoms with Gasteiger partial charge in [-0.2, -0.15) is 0 Å². The summed E-state index contributed by atoms with van der Waals surface area (Å²) in [7, 11) is -3.81. The first kappa shape index (κ1) is 23.0. The van der Waals surface area contributed by atoms with Crippen molar-refractivity contribution in [2.45, 2.75) is 0 Å². The summed E-state index contributed by atoms with van der Waals surface area (Å²) in [5.41, 5.74) is 1.65. The quantitative estimate of drug-likeness (QED) is 0.619. The van der Waals surface area contributed by atoms with E-state index in [2.05, 4.69) is 10.2 Å². The van der Waals surface area contributed by atoms with Crippen LogP contribution in [0, 0.1) is 0 Å². The first-order chi connectivity index (χ1) is 14.1. The fraction of sp³-hybridized carbons (Fsp3) is 0.316. The van der Waals surface area contributed by atoms with E-state index < -0.39 is 22.5 Å². The molecule has 1 aliphatic heterocycles. The van der Waals surface area contributed by atoms with Crippen molar-refractivity contribution in [3.8, 4) is 0 Å². The second-order valence-electron chi connectivity index (χ2n) is 6.68. The lowest BCUT2D eigenvalue weighted by Gasteiger charge is -2.29. The van der Waals surface area contributed by atoms with Crippen molar-refractivity contribution in [2.24, 2.45) is 0 Å². The van der Waals surface area contributed by atoms with E-state index >= 15 is 0 Å². The van der Waals surface area contributed by atoms with E-state index in [-0.39, 0.29) is 20.8 Å². The molecular formula is C19H20Cl3N3O4S. The summed E-state index contributed by atoms with van der Waals surface area (Å²) < 4.78 is 30.8. The van der Waals surface area contributed by atoms with Gasteiger partial charge >= 0.3 is 0 Å². The molecule has 1 amide bonds. The molecule has 2 aromatic rings. The minimum Gasteiger partial charge on any atom is -0.378 e. The Balaban J connectivity index is 1.73. The number of anilines is 3. The highest BCUT2D eigenvalue weighted by molar-refractivity contribution is 7.92. The Morgan fingerprint density at radius 2 is 1.67 bits per heavy atom. The van der Waals surface area contributed by atoms with E-state index in [1.54, 1.807) is 12.1 Å². The van der Waals surface area contributed by atoms with E-state index in [0.29, 0.717) is 18.9 Å². The van der Waals surface area contributed by atoms with Gasteiger partial charge in [0.25, 0.3) is 0 Å². The Hall–Kier alpha value is -1.71. The Bertz CT molecular complexity index is 1030. The number of benzene rings is 2. The summed E-state index contributed by atoms with van der Waals surface area (Å²) >= 11 is 18.1. The zero-order chi connectivity index (χ0) is 21.9. The van der Waals surface area contributed by atoms with Crippen molar-refractivity contribution in [1.82, 2.24) is 0 Å². The van der Waals surface area contributed by atoms with Crippen molar-refractivity contribution < 1.29 is 17.9 Å². The maximum absolute atomic E-state index is 12.5. The molecule has 11 heteroatoms. The van der Waals surface area contributed by atoms with Gasteiger partial charge in [0.2, 0.25) is 15.9 Å². The third-order valence-electron chi connectivity index (χ3n) is 4.47. The molecule has 2 aromatic carbocycles. The summed E-state index contributed by atoms with van der Waals surface area (Å²) in [6, 6.07) is 9.97. The van der Waals surface area contributed by atoms with E-state index in [9.17, 15) is 13.2 Å². The number of hydrogen-bond donors (Lipinski definition) is 1. The molecule has 0 aliphatic carbocycles. The van der Waals surface area contributed by atoms with Crippen LogP contribution in [0.4, 0.5) is 17.1 Å². The number of amides is 1. The highest BCUT2D eigenvalue weighted by Gasteiger charge is 2.24. The summed E-state index contributed by atoms with van der Waals surface area (Å²) in [6.07, 6.45) is 0.982. The third kappa shape index (κ3) is 5.70. The van der Waals surface area contributed by atoms with Crippen LogP contribution < -0.4 is 14.5 Å². The third-order valence-corrected chi connectivity index (χ3v) is 6.62. The van der Waals surface area contributed by atoms with Crippen molar-refractivity contribution in [1.29, 1.82) is 0 Å². The second-order valence-corrected chi connectivity index (χ2v) is 9.81. The lowest BCUT2D eigenvalue weighted by molar-refractivity contribution is -0.114. The predicted octanol–water partition coefficient (Wildman–Crippen LogP) is 3.89. The smallest absolute Gasteiger partial charge is 0.245 e. The molecule has 162 valence electrons. The van der Waals surface area contributed by atoms with Gasteiger partial charge in [0.05, 0.1) is 40.2 Å². The van der Waals surface area contributed by atoms with Crippen LogP contribution in [0.15, 0.2) is 36.4 Å². The van der Waals surface area contributed by atoms with Gasteiger partial charge in [-0.3, -0.25) is 9.10 Å². The molecule has 0 saturated carbocycles. The SMILES string of the molecule is CS(=O)(=O)N(CC(=O)Nc1ccc(N2CCOCC2)cc1)c1cc(Cl)c(Cl)cc1Cl. The first-order valence-corrected chi connectivity index (χ1v) is 12.0. The van der Waals surface area contributed by atoms with Gasteiger partial charge < -0.3 is 15.0 Å². The topological polar surface area (TPSA) is 79.0 Å². The second kappa shape index (κ2) is 9.62. The van der Waals surface area contributed by atoms with Crippen LogP contribution in [0.25, 0.3) is 0 Å². The van der Waals surface area contributed by atoms with Crippen LogP contribution >= 0.6 is 34.8 Å². The van der Waals surface area contributed by atoms with E-state index in [1.807, 2.05) is 12.1 Å². The fourth-order valence-corrected chi connectivity index (χ4v) is 4.55. The fourth-order valence-electron chi connectivity index (χ4n) is 2.99. The molecule has 7 nitrogen and oxygen atoms in total. The summed E-state index contributed by atoms with van der Waals surface area (Å²) in [6.45, 7) is 2.49. The van der Waals surface area contributed by atoms with Gasteiger partial charge in [-0.1, -0.05) is 34.8 Å². The number of rotatable bonds is 6. The molecule has 0 aromatic heterocycles. The van der Waals surface area contributed by atoms with Crippen LogP contribution in [0.5, 0.6) is 0 Å². The first-order valence-electron chi connectivity index (χ1n) is 9.00. The molecule has 0 atom stereocenters. The molecule has 0 spiro atoms. The Kier molecular flexibility index (Phi) is 7.36. The van der Waals surface area contributed by atoms with Gasteiger partial charge in [-0.25, -0.2) is 8.42 Å². The molecule has 3 rings (SSSR count). The molecular weight excluding hydrogens is 473 g/mol. The Morgan fingerprint density at radius 3 is 2.27 bits per heavy atom. The number of nitrogens with one attached hydrogen (secondary N) is 1. The summed E-state index contributed by atoms with van der Waals surface area (Å²) in [5.74, 6) is -0.526. The Labute approximate surface area is 190 Å².